The van der Waals surface area contributed by atoms with Crippen molar-refractivity contribution in [3.63, 3.8) is 0 Å². The van der Waals surface area contributed by atoms with E-state index in [4.69, 9.17) is 21.1 Å². The summed E-state index contributed by atoms with van der Waals surface area (Å²) in [5.74, 6) is -0.125. The van der Waals surface area contributed by atoms with Gasteiger partial charge in [-0.05, 0) is 62.2 Å². The number of hydrogen-bond donors (Lipinski definition) is 0. The van der Waals surface area contributed by atoms with Gasteiger partial charge in [0.15, 0.2) is 0 Å². The maximum Gasteiger partial charge on any atom is 0.253 e. The number of rotatable bonds is 11. The third-order valence-electron chi connectivity index (χ3n) is 6.05. The number of amides is 2. The fourth-order valence-corrected chi connectivity index (χ4v) is 4.18. The Labute approximate surface area is 213 Å². The molecular weight excluding hydrogens is 466 g/mol. The number of halogens is 1. The molecule has 2 aromatic rings. The van der Waals surface area contributed by atoms with Gasteiger partial charge in [0.1, 0.15) is 6.61 Å². The molecule has 35 heavy (non-hydrogen) atoms. The highest BCUT2D eigenvalue weighted by atomic mass is 35.5. The largest absolute Gasteiger partial charge is 0.377 e. The van der Waals surface area contributed by atoms with Crippen LogP contribution < -0.4 is 4.90 Å². The van der Waals surface area contributed by atoms with Crippen molar-refractivity contribution >= 4 is 29.1 Å². The Morgan fingerprint density at radius 1 is 1.00 bits per heavy atom. The van der Waals surface area contributed by atoms with Crippen LogP contribution in [0.25, 0.3) is 0 Å². The van der Waals surface area contributed by atoms with E-state index in [1.54, 1.807) is 17.0 Å². The molecule has 1 heterocycles. The van der Waals surface area contributed by atoms with Crippen LogP contribution in [0.4, 0.5) is 5.69 Å². The molecule has 7 nitrogen and oxygen atoms in total. The van der Waals surface area contributed by atoms with Crippen LogP contribution in [0, 0.1) is 0 Å². The lowest BCUT2D eigenvalue weighted by Crippen LogP contribution is -2.49. The number of anilines is 1. The zero-order valence-corrected chi connectivity index (χ0v) is 21.7. The lowest BCUT2D eigenvalue weighted by atomic mass is 10.1. The summed E-state index contributed by atoms with van der Waals surface area (Å²) in [5, 5.41) is 0.753. The first-order valence-electron chi connectivity index (χ1n) is 12.1. The van der Waals surface area contributed by atoms with Crippen molar-refractivity contribution in [3.05, 3.63) is 64.7 Å². The lowest BCUT2D eigenvalue weighted by molar-refractivity contribution is -0.122. The molecule has 3 rings (SSSR count). The first-order chi connectivity index (χ1) is 16.9. The summed E-state index contributed by atoms with van der Waals surface area (Å²) in [6.45, 7) is 8.83. The molecule has 0 radical (unpaired) electrons. The van der Waals surface area contributed by atoms with Crippen molar-refractivity contribution in [2.75, 3.05) is 64.5 Å². The van der Waals surface area contributed by atoms with E-state index in [1.165, 1.54) is 12.7 Å². The van der Waals surface area contributed by atoms with Crippen molar-refractivity contribution in [1.29, 1.82) is 0 Å². The number of ether oxygens (including phenoxy) is 2. The van der Waals surface area contributed by atoms with Gasteiger partial charge in [-0.3, -0.25) is 14.5 Å². The third-order valence-corrected chi connectivity index (χ3v) is 6.30. The molecule has 190 valence electrons. The predicted octanol–water partition coefficient (Wildman–Crippen LogP) is 3.74. The molecule has 2 aromatic carbocycles. The van der Waals surface area contributed by atoms with Crippen molar-refractivity contribution in [3.8, 4) is 0 Å². The molecule has 1 aliphatic rings. The standard InChI is InChI=1S/C27H36ClN3O4/c1-21(2)35-19-18-31(26(32)20-34-3)25-10-6-23(7-11-25)27(33)30-16-14-29(15-17-30)13-12-22-4-8-24(28)9-5-22/h4-11,21H,12-20H2,1-3H3. The molecular formula is C27H36ClN3O4. The third kappa shape index (κ3) is 8.32. The van der Waals surface area contributed by atoms with E-state index in [9.17, 15) is 9.59 Å². The van der Waals surface area contributed by atoms with Crippen LogP contribution in [-0.2, 0) is 20.7 Å². The van der Waals surface area contributed by atoms with Gasteiger partial charge >= 0.3 is 0 Å². The molecule has 0 atom stereocenters. The van der Waals surface area contributed by atoms with Gasteiger partial charge in [-0.25, -0.2) is 0 Å². The summed E-state index contributed by atoms with van der Waals surface area (Å²) < 4.78 is 10.6. The van der Waals surface area contributed by atoms with Crippen molar-refractivity contribution in [2.45, 2.75) is 26.4 Å². The molecule has 0 unspecified atom stereocenters. The summed E-state index contributed by atoms with van der Waals surface area (Å²) in [5.41, 5.74) is 2.62. The molecule has 1 fully saturated rings. The Bertz CT molecular complexity index is 942. The van der Waals surface area contributed by atoms with Crippen LogP contribution >= 0.6 is 11.6 Å². The maximum absolute atomic E-state index is 13.1. The first kappa shape index (κ1) is 27.1. The minimum absolute atomic E-state index is 0.00927. The van der Waals surface area contributed by atoms with Crippen LogP contribution in [0.3, 0.4) is 0 Å². The summed E-state index contributed by atoms with van der Waals surface area (Å²) in [7, 11) is 1.50. The maximum atomic E-state index is 13.1. The van der Waals surface area contributed by atoms with Crippen LogP contribution in [0.1, 0.15) is 29.8 Å². The van der Waals surface area contributed by atoms with E-state index in [0.717, 1.165) is 36.8 Å². The monoisotopic (exact) mass is 501 g/mol. The van der Waals surface area contributed by atoms with Gasteiger partial charge in [0.2, 0.25) is 0 Å². The number of methoxy groups -OCH3 is 1. The van der Waals surface area contributed by atoms with Crippen LogP contribution in [0.5, 0.6) is 0 Å². The second kappa shape index (κ2) is 13.6. The van der Waals surface area contributed by atoms with E-state index in [-0.39, 0.29) is 24.5 Å². The van der Waals surface area contributed by atoms with Gasteiger partial charge in [0.05, 0.1) is 12.7 Å². The SMILES string of the molecule is COCC(=O)N(CCOC(C)C)c1ccc(C(=O)N2CCN(CCc3ccc(Cl)cc3)CC2)cc1. The van der Waals surface area contributed by atoms with E-state index >= 15 is 0 Å². The molecule has 0 N–H and O–H groups in total. The topological polar surface area (TPSA) is 62.3 Å². The van der Waals surface area contributed by atoms with E-state index in [2.05, 4.69) is 17.0 Å². The highest BCUT2D eigenvalue weighted by molar-refractivity contribution is 6.30. The van der Waals surface area contributed by atoms with Gasteiger partial charge in [0, 0.05) is 62.7 Å². The number of benzene rings is 2. The minimum atomic E-state index is -0.145. The van der Waals surface area contributed by atoms with E-state index in [0.29, 0.717) is 31.8 Å². The summed E-state index contributed by atoms with van der Waals surface area (Å²) in [4.78, 5) is 31.5. The fraction of sp³-hybridized carbons (Fsp3) is 0.481. The summed E-state index contributed by atoms with van der Waals surface area (Å²) >= 11 is 5.96. The van der Waals surface area contributed by atoms with Gasteiger partial charge in [0.25, 0.3) is 11.8 Å². The number of nitrogens with zero attached hydrogens (tertiary/aromatic N) is 3. The lowest BCUT2D eigenvalue weighted by Gasteiger charge is -2.35. The highest BCUT2D eigenvalue weighted by Crippen LogP contribution is 2.18. The summed E-state index contributed by atoms with van der Waals surface area (Å²) in [6.07, 6.45) is 1.06. The Hall–Kier alpha value is -2.45. The van der Waals surface area contributed by atoms with Crippen LogP contribution in [0.2, 0.25) is 5.02 Å². The molecule has 1 aliphatic heterocycles. The molecule has 0 spiro atoms. The van der Waals surface area contributed by atoms with Crippen molar-refractivity contribution in [1.82, 2.24) is 9.80 Å². The smallest absolute Gasteiger partial charge is 0.253 e. The molecule has 2 amide bonds. The zero-order chi connectivity index (χ0) is 25.2. The normalized spacial score (nSPS) is 14.4. The first-order valence-corrected chi connectivity index (χ1v) is 12.5. The second-order valence-corrected chi connectivity index (χ2v) is 9.39. The molecule has 0 aliphatic carbocycles. The second-order valence-electron chi connectivity index (χ2n) is 8.96. The molecule has 8 heteroatoms. The number of carbonyl (C=O) groups is 2. The van der Waals surface area contributed by atoms with Gasteiger partial charge in [-0.15, -0.1) is 0 Å². The highest BCUT2D eigenvalue weighted by Gasteiger charge is 2.23. The average molecular weight is 502 g/mol. The number of hydrogen-bond acceptors (Lipinski definition) is 5. The molecule has 0 bridgehead atoms. The number of carbonyl (C=O) groups excluding carboxylic acids is 2. The van der Waals surface area contributed by atoms with Gasteiger partial charge in [-0.1, -0.05) is 23.7 Å². The van der Waals surface area contributed by atoms with E-state index in [1.807, 2.05) is 43.0 Å². The fourth-order valence-electron chi connectivity index (χ4n) is 4.06. The van der Waals surface area contributed by atoms with Gasteiger partial charge in [-0.2, -0.15) is 0 Å². The predicted molar refractivity (Wildman–Crippen MR) is 139 cm³/mol. The number of piperazine rings is 1. The van der Waals surface area contributed by atoms with Crippen molar-refractivity contribution in [2.24, 2.45) is 0 Å². The minimum Gasteiger partial charge on any atom is -0.377 e. The van der Waals surface area contributed by atoms with Gasteiger partial charge < -0.3 is 19.3 Å². The molecule has 1 saturated heterocycles. The molecule has 0 saturated carbocycles. The van der Waals surface area contributed by atoms with Crippen LogP contribution in [-0.4, -0.2) is 87.3 Å². The molecule has 0 aromatic heterocycles. The zero-order valence-electron chi connectivity index (χ0n) is 20.9. The summed E-state index contributed by atoms with van der Waals surface area (Å²) in [6, 6.07) is 15.2. The Balaban J connectivity index is 1.52. The van der Waals surface area contributed by atoms with Crippen LogP contribution in [0.15, 0.2) is 48.5 Å². The van der Waals surface area contributed by atoms with Crippen molar-refractivity contribution < 1.29 is 19.1 Å². The average Bonchev–Trinajstić information content (AvgIpc) is 2.86. The Morgan fingerprint density at radius 2 is 1.66 bits per heavy atom. The Morgan fingerprint density at radius 3 is 2.26 bits per heavy atom. The van der Waals surface area contributed by atoms with E-state index < -0.39 is 0 Å². The quantitative estimate of drug-likeness (QED) is 0.469. The Kier molecular flexibility index (Phi) is 10.5.